The first-order valence-electron chi connectivity index (χ1n) is 9.13. The van der Waals surface area contributed by atoms with Crippen LogP contribution in [-0.2, 0) is 7.05 Å². The molecule has 1 aromatic heterocycles. The predicted octanol–water partition coefficient (Wildman–Crippen LogP) is 6.29. The maximum Gasteiger partial charge on any atom is 0.120 e. The molecule has 0 amide bonds. The van der Waals surface area contributed by atoms with Crippen molar-refractivity contribution in [2.75, 3.05) is 5.32 Å². The monoisotopic (exact) mass is 353 g/mol. The summed E-state index contributed by atoms with van der Waals surface area (Å²) < 4.78 is 2.19. The second kappa shape index (κ2) is 7.12. The number of anilines is 2. The summed E-state index contributed by atoms with van der Waals surface area (Å²) in [6.07, 6.45) is 1.96. The zero-order valence-electron chi connectivity index (χ0n) is 15.9. The Kier molecular flexibility index (Phi) is 4.51. The topological polar surface area (TPSA) is 29.3 Å². The predicted molar refractivity (Wildman–Crippen MR) is 116 cm³/mol. The van der Waals surface area contributed by atoms with Gasteiger partial charge in [-0.2, -0.15) is 0 Å². The normalized spacial score (nSPS) is 11.4. The van der Waals surface area contributed by atoms with E-state index in [9.17, 15) is 0 Å². The largest absolute Gasteiger partial charge is 0.341 e. The highest BCUT2D eigenvalue weighted by Gasteiger charge is 2.13. The molecule has 4 rings (SSSR count). The van der Waals surface area contributed by atoms with Gasteiger partial charge in [0.25, 0.3) is 0 Å². The van der Waals surface area contributed by atoms with E-state index in [1.807, 2.05) is 18.3 Å². The van der Waals surface area contributed by atoms with E-state index in [1.165, 1.54) is 22.0 Å². The van der Waals surface area contributed by atoms with Gasteiger partial charge in [0.2, 0.25) is 0 Å². The van der Waals surface area contributed by atoms with Gasteiger partial charge in [-0.1, -0.05) is 53.6 Å². The lowest BCUT2D eigenvalue weighted by molar-refractivity contribution is 0.976. The lowest BCUT2D eigenvalue weighted by atomic mass is 10.1. The maximum atomic E-state index is 4.72. The van der Waals surface area contributed by atoms with Crippen LogP contribution in [0, 0.1) is 13.8 Å². The number of hydrogen-bond acceptors (Lipinski definition) is 2. The first kappa shape index (κ1) is 17.1. The van der Waals surface area contributed by atoms with E-state index < -0.39 is 0 Å². The number of nitrogens with zero attached hydrogens (tertiary/aromatic N) is 2. The van der Waals surface area contributed by atoms with Gasteiger partial charge >= 0.3 is 0 Å². The summed E-state index contributed by atoms with van der Waals surface area (Å²) in [5, 5.41) is 4.76. The zero-order valence-corrected chi connectivity index (χ0v) is 15.9. The fourth-order valence-electron chi connectivity index (χ4n) is 3.25. The summed E-state index contributed by atoms with van der Waals surface area (Å²) in [7, 11) is 2.09. The van der Waals surface area contributed by atoms with Crippen molar-refractivity contribution in [3.8, 4) is 0 Å². The van der Waals surface area contributed by atoms with E-state index in [0.717, 1.165) is 22.8 Å². The van der Waals surface area contributed by atoms with E-state index in [4.69, 9.17) is 4.99 Å². The van der Waals surface area contributed by atoms with Crippen LogP contribution in [0.4, 0.5) is 17.2 Å². The number of rotatable bonds is 4. The van der Waals surface area contributed by atoms with Gasteiger partial charge in [0.1, 0.15) is 5.82 Å². The molecule has 0 aliphatic heterocycles. The van der Waals surface area contributed by atoms with Gasteiger partial charge in [-0.15, -0.1) is 0 Å². The van der Waals surface area contributed by atoms with Crippen LogP contribution in [-0.4, -0.2) is 10.8 Å². The van der Waals surface area contributed by atoms with E-state index in [-0.39, 0.29) is 0 Å². The Balaban J connectivity index is 1.79. The van der Waals surface area contributed by atoms with Crippen molar-refractivity contribution in [1.82, 2.24) is 4.57 Å². The van der Waals surface area contributed by atoms with Crippen LogP contribution in [0.15, 0.2) is 77.8 Å². The van der Waals surface area contributed by atoms with Crippen LogP contribution in [0.25, 0.3) is 10.9 Å². The van der Waals surface area contributed by atoms with Crippen molar-refractivity contribution < 1.29 is 0 Å². The van der Waals surface area contributed by atoms with Gasteiger partial charge in [0.05, 0.1) is 11.2 Å². The lowest BCUT2D eigenvalue weighted by Crippen LogP contribution is -2.00. The minimum Gasteiger partial charge on any atom is -0.341 e. The van der Waals surface area contributed by atoms with Gasteiger partial charge < -0.3 is 9.88 Å². The van der Waals surface area contributed by atoms with Crippen molar-refractivity contribution in [3.05, 3.63) is 89.5 Å². The summed E-state index contributed by atoms with van der Waals surface area (Å²) in [6.45, 7) is 4.18. The Labute approximate surface area is 160 Å². The van der Waals surface area contributed by atoms with Gasteiger partial charge in [-0.3, -0.25) is 4.99 Å². The second-order valence-electron chi connectivity index (χ2n) is 6.92. The molecule has 3 heteroatoms. The molecular weight excluding hydrogens is 330 g/mol. The molecule has 0 saturated carbocycles. The van der Waals surface area contributed by atoms with E-state index in [2.05, 4.69) is 91.4 Å². The molecule has 0 spiro atoms. The van der Waals surface area contributed by atoms with Crippen molar-refractivity contribution in [3.63, 3.8) is 0 Å². The molecular formula is C24H23N3. The van der Waals surface area contributed by atoms with Crippen LogP contribution in [0.2, 0.25) is 0 Å². The fourth-order valence-corrected chi connectivity index (χ4v) is 3.25. The van der Waals surface area contributed by atoms with Crippen LogP contribution >= 0.6 is 0 Å². The molecule has 0 aliphatic carbocycles. The molecule has 3 nitrogen and oxygen atoms in total. The van der Waals surface area contributed by atoms with Crippen molar-refractivity contribution in [2.24, 2.45) is 12.0 Å². The van der Waals surface area contributed by atoms with Crippen molar-refractivity contribution in [2.45, 2.75) is 13.8 Å². The highest BCUT2D eigenvalue weighted by Crippen LogP contribution is 2.31. The lowest BCUT2D eigenvalue weighted by Gasteiger charge is -2.10. The quantitative estimate of drug-likeness (QED) is 0.429. The van der Waals surface area contributed by atoms with E-state index in [1.54, 1.807) is 0 Å². The Morgan fingerprint density at radius 1 is 0.815 bits per heavy atom. The Morgan fingerprint density at radius 3 is 2.15 bits per heavy atom. The molecule has 0 radical (unpaired) electrons. The highest BCUT2D eigenvalue weighted by molar-refractivity contribution is 6.06. The summed E-state index contributed by atoms with van der Waals surface area (Å²) in [5.74, 6) is 1.04. The third kappa shape index (κ3) is 3.49. The van der Waals surface area contributed by atoms with Gasteiger partial charge in [0.15, 0.2) is 0 Å². The molecule has 134 valence electrons. The zero-order chi connectivity index (χ0) is 18.8. The van der Waals surface area contributed by atoms with Crippen LogP contribution in [0.3, 0.4) is 0 Å². The van der Waals surface area contributed by atoms with E-state index >= 15 is 0 Å². The molecule has 0 bridgehead atoms. The van der Waals surface area contributed by atoms with E-state index in [0.29, 0.717) is 0 Å². The summed E-state index contributed by atoms with van der Waals surface area (Å²) >= 11 is 0. The maximum absolute atomic E-state index is 4.72. The number of aromatic nitrogens is 1. The molecule has 1 heterocycles. The molecule has 0 unspecified atom stereocenters. The van der Waals surface area contributed by atoms with Crippen LogP contribution in [0.1, 0.15) is 16.7 Å². The minimum atomic E-state index is 0.954. The Hall–Kier alpha value is -3.33. The highest BCUT2D eigenvalue weighted by atomic mass is 15.1. The number of para-hydroxylation sites is 1. The van der Waals surface area contributed by atoms with Crippen LogP contribution < -0.4 is 5.32 Å². The number of fused-ring (bicyclic) bond motifs is 1. The third-order valence-electron chi connectivity index (χ3n) is 4.84. The summed E-state index contributed by atoms with van der Waals surface area (Å²) in [4.78, 5) is 4.72. The average molecular weight is 353 g/mol. The number of aliphatic imine (C=N–C) groups is 1. The average Bonchev–Trinajstić information content (AvgIpc) is 2.95. The molecule has 0 aliphatic rings. The first-order valence-corrected chi connectivity index (χ1v) is 9.13. The number of hydrogen-bond donors (Lipinski definition) is 1. The fraction of sp³-hybridized carbons (Fsp3) is 0.125. The second-order valence-corrected chi connectivity index (χ2v) is 6.92. The minimum absolute atomic E-state index is 0.954. The standard InChI is InChI=1S/C24H23N3/c1-17-8-12-19(13-9-17)25-16-22-21-6-4-5-7-23(21)27(3)24(22)26-20-14-10-18(2)11-15-20/h4-16,26H,1-3H3. The molecule has 0 saturated heterocycles. The molecule has 1 N–H and O–H groups in total. The van der Waals surface area contributed by atoms with Crippen molar-refractivity contribution >= 4 is 34.3 Å². The van der Waals surface area contributed by atoms with Gasteiger partial charge in [0, 0.05) is 29.9 Å². The molecule has 4 aromatic rings. The number of benzene rings is 3. The molecule has 3 aromatic carbocycles. The number of aryl methyl sites for hydroxylation is 3. The van der Waals surface area contributed by atoms with Gasteiger partial charge in [-0.05, 0) is 44.2 Å². The summed E-state index contributed by atoms with van der Waals surface area (Å²) in [6, 6.07) is 25.1. The molecule has 0 fully saturated rings. The van der Waals surface area contributed by atoms with Crippen LogP contribution in [0.5, 0.6) is 0 Å². The van der Waals surface area contributed by atoms with Gasteiger partial charge in [-0.25, -0.2) is 0 Å². The smallest absolute Gasteiger partial charge is 0.120 e. The van der Waals surface area contributed by atoms with Crippen molar-refractivity contribution in [1.29, 1.82) is 0 Å². The third-order valence-corrected chi connectivity index (χ3v) is 4.84. The first-order chi connectivity index (χ1) is 13.1. The molecule has 27 heavy (non-hydrogen) atoms. The Bertz CT molecular complexity index is 1100. The number of nitrogens with one attached hydrogen (secondary N) is 1. The molecule has 0 atom stereocenters. The summed E-state index contributed by atoms with van der Waals surface area (Å²) in [5.41, 5.74) is 6.78. The Morgan fingerprint density at radius 2 is 1.44 bits per heavy atom. The SMILES string of the molecule is Cc1ccc(N=Cc2c(Nc3ccc(C)cc3)n(C)c3ccccc23)cc1.